The topological polar surface area (TPSA) is 402 Å². The summed E-state index contributed by atoms with van der Waals surface area (Å²) in [6.45, 7) is 11.3. The molecule has 0 unspecified atom stereocenters. The third-order valence-corrected chi connectivity index (χ3v) is 11.9. The van der Waals surface area contributed by atoms with Gasteiger partial charge in [0.05, 0.1) is 67.7 Å². The highest BCUT2D eigenvalue weighted by Crippen LogP contribution is 2.39. The number of nitrogens with one attached hydrogen (secondary N) is 7. The molecule has 3 aromatic rings. The van der Waals surface area contributed by atoms with Gasteiger partial charge >= 0.3 is 11.9 Å². The number of guanidine groups is 1. The van der Waals surface area contributed by atoms with E-state index in [1.807, 2.05) is 0 Å². The Bertz CT molecular complexity index is 2250. The van der Waals surface area contributed by atoms with E-state index in [0.717, 1.165) is 11.8 Å². The summed E-state index contributed by atoms with van der Waals surface area (Å²) in [5.74, 6) is -3.78. The minimum atomic E-state index is -1.47. The van der Waals surface area contributed by atoms with E-state index in [0.29, 0.717) is 42.3 Å². The summed E-state index contributed by atoms with van der Waals surface area (Å²) in [4.78, 5) is 83.1. The van der Waals surface area contributed by atoms with Crippen LogP contribution in [0.5, 0.6) is 5.75 Å². The van der Waals surface area contributed by atoms with Crippen molar-refractivity contribution < 1.29 is 48.1 Å². The predicted octanol–water partition coefficient (Wildman–Crippen LogP) is 2.39. The number of carbonyl (C=O) groups excluding carboxylic acids is 6. The molecule has 0 radical (unpaired) electrons. The average Bonchev–Trinajstić information content (AvgIpc) is 3.31. The first-order valence-electron chi connectivity index (χ1n) is 23.0. The van der Waals surface area contributed by atoms with Gasteiger partial charge in [-0.3, -0.25) is 24.6 Å². The van der Waals surface area contributed by atoms with Crippen LogP contribution in [0.3, 0.4) is 0 Å². The lowest BCUT2D eigenvalue weighted by molar-refractivity contribution is -0.124. The third-order valence-electron chi connectivity index (χ3n) is 9.55. The molecule has 0 spiro atoms. The van der Waals surface area contributed by atoms with E-state index in [1.54, 1.807) is 27.7 Å². The number of thioether (sulfide) groups is 2. The van der Waals surface area contributed by atoms with Crippen LogP contribution in [0.1, 0.15) is 94.8 Å². The number of aliphatic hydroxyl groups is 1. The van der Waals surface area contributed by atoms with Crippen molar-refractivity contribution >= 4 is 87.8 Å². The molecule has 0 fully saturated rings. The van der Waals surface area contributed by atoms with E-state index >= 15 is 0 Å². The van der Waals surface area contributed by atoms with Crippen molar-refractivity contribution in [1.29, 1.82) is 5.41 Å². The highest BCUT2D eigenvalue weighted by atomic mass is 32.2. The summed E-state index contributed by atoms with van der Waals surface area (Å²) >= 11 is 2.34. The number of rotatable bonds is 30. The van der Waals surface area contributed by atoms with E-state index < -0.39 is 59.9 Å². The number of nitrogens with two attached hydrogens (primary N) is 6. The Morgan fingerprint density at radius 2 is 1.08 bits per heavy atom. The standard InChI is InChI=1S/C47H69N13O10S2/c1-25(2)69-45(66)30-21-34(39(71-16-11-49)36(23-30)59-43(64)33(52)8-6-14-56-47(53)54)57-41(62)28-18-29(20-32(19-28)68-15-10-48)42(63)58-35-22-31(46(67)70-26(3)4)24-37(40(35)72-17-12-50)60-44(65)38(61)9-7-13-55-27(5)51/h18-26,33,38,55,61H,5-17,48-52H2,1-4H3,(H,57,62)(H,58,63)(H,59,64)(H,60,65)(H4,53,54,56)/t33-,38-/m1/s1. The van der Waals surface area contributed by atoms with E-state index in [1.165, 1.54) is 54.2 Å². The molecule has 20 N–H and O–H groups in total. The third kappa shape index (κ3) is 19.9. The number of hydrogen-bond acceptors (Lipinski definition) is 19. The summed E-state index contributed by atoms with van der Waals surface area (Å²) < 4.78 is 16.8. The Kier molecular flexibility index (Phi) is 25.1. The van der Waals surface area contributed by atoms with Gasteiger partial charge in [0.1, 0.15) is 18.5 Å². The number of benzene rings is 3. The zero-order valence-corrected chi connectivity index (χ0v) is 42.6. The van der Waals surface area contributed by atoms with Crippen LogP contribution >= 0.6 is 23.5 Å². The van der Waals surface area contributed by atoms with Crippen molar-refractivity contribution in [1.82, 2.24) is 10.6 Å². The van der Waals surface area contributed by atoms with Gasteiger partial charge in [-0.05, 0) is 95.8 Å². The molecular weight excluding hydrogens is 971 g/mol. The number of ether oxygens (including phenoxy) is 3. The molecule has 0 aromatic heterocycles. The molecule has 0 saturated carbocycles. The van der Waals surface area contributed by atoms with Gasteiger partial charge in [0.15, 0.2) is 5.96 Å². The quantitative estimate of drug-likeness (QED) is 0.0150. The first kappa shape index (κ1) is 59.7. The van der Waals surface area contributed by atoms with Crippen molar-refractivity contribution in [3.8, 4) is 5.75 Å². The molecule has 0 saturated heterocycles. The summed E-state index contributed by atoms with van der Waals surface area (Å²) in [6, 6.07) is 8.54. The number of anilines is 4. The van der Waals surface area contributed by atoms with Crippen molar-refractivity contribution in [3.63, 3.8) is 0 Å². The second-order valence-electron chi connectivity index (χ2n) is 16.5. The maximum absolute atomic E-state index is 14.4. The molecule has 23 nitrogen and oxygen atoms in total. The number of carbonyl (C=O) groups is 6. The molecule has 0 aliphatic rings. The van der Waals surface area contributed by atoms with Crippen molar-refractivity contribution in [2.45, 2.75) is 87.5 Å². The monoisotopic (exact) mass is 1040 g/mol. The first-order chi connectivity index (χ1) is 34.2. The Balaban J connectivity index is 2.15. The van der Waals surface area contributed by atoms with Crippen molar-refractivity contribution in [3.05, 3.63) is 77.1 Å². The lowest BCUT2D eigenvalue weighted by Gasteiger charge is -2.20. The average molecular weight is 1040 g/mol. The second-order valence-corrected chi connectivity index (χ2v) is 18.7. The number of amides is 4. The molecule has 4 amide bonds. The number of aliphatic hydroxyl groups excluding tert-OH is 1. The fraction of sp³-hybridized carbons (Fsp3) is 0.426. The molecule has 0 aliphatic heterocycles. The minimum Gasteiger partial charge on any atom is -0.492 e. The smallest absolute Gasteiger partial charge is 0.338 e. The fourth-order valence-electron chi connectivity index (χ4n) is 6.37. The van der Waals surface area contributed by atoms with Crippen LogP contribution in [-0.2, 0) is 19.1 Å². The molecular formula is C47H69N13O10S2. The van der Waals surface area contributed by atoms with E-state index in [9.17, 15) is 33.9 Å². The summed E-state index contributed by atoms with van der Waals surface area (Å²) in [5, 5.41) is 34.7. The van der Waals surface area contributed by atoms with Gasteiger partial charge in [0.25, 0.3) is 17.7 Å². The van der Waals surface area contributed by atoms with Gasteiger partial charge in [0.2, 0.25) is 5.91 Å². The Labute approximate surface area is 427 Å². The van der Waals surface area contributed by atoms with E-state index in [2.05, 4.69) is 38.5 Å². The van der Waals surface area contributed by atoms with Gasteiger partial charge in [-0.2, -0.15) is 0 Å². The Morgan fingerprint density at radius 3 is 1.51 bits per heavy atom. The summed E-state index contributed by atoms with van der Waals surface area (Å²) in [5.41, 5.74) is 34.7. The molecule has 394 valence electrons. The molecule has 2 atom stereocenters. The van der Waals surface area contributed by atoms with Gasteiger partial charge in [-0.15, -0.1) is 23.5 Å². The van der Waals surface area contributed by atoms with Crippen LogP contribution in [0.25, 0.3) is 0 Å². The SMILES string of the molecule is C=C(N)NCCC[C@@H](O)C(=O)Nc1cc(C(=O)OC(C)C)cc(NC(=O)c2cc(OCCN)cc(C(=O)Nc3cc(C(=O)OC(C)C)cc(NC(=O)[C@H](N)CCCNC(=N)N)c3SCCN)c2)c1SCCN. The predicted molar refractivity (Wildman–Crippen MR) is 281 cm³/mol. The molecule has 3 aromatic carbocycles. The second kappa shape index (κ2) is 30.3. The lowest BCUT2D eigenvalue weighted by atomic mass is 10.1. The molecule has 0 bridgehead atoms. The van der Waals surface area contributed by atoms with Gasteiger partial charge in [-0.1, -0.05) is 6.58 Å². The van der Waals surface area contributed by atoms with Crippen LogP contribution in [0.2, 0.25) is 0 Å². The van der Waals surface area contributed by atoms with Crippen LogP contribution < -0.4 is 71.0 Å². The van der Waals surface area contributed by atoms with Gasteiger partial charge in [0, 0.05) is 55.4 Å². The highest BCUT2D eigenvalue weighted by Gasteiger charge is 2.26. The van der Waals surface area contributed by atoms with Crippen LogP contribution in [0.4, 0.5) is 22.7 Å². The zero-order chi connectivity index (χ0) is 53.5. The van der Waals surface area contributed by atoms with Gasteiger partial charge in [-0.25, -0.2) is 9.59 Å². The van der Waals surface area contributed by atoms with E-state index in [-0.39, 0.29) is 107 Å². The largest absolute Gasteiger partial charge is 0.492 e. The normalized spacial score (nSPS) is 11.8. The number of hydrogen-bond donors (Lipinski definition) is 14. The van der Waals surface area contributed by atoms with Gasteiger partial charge < -0.3 is 85.6 Å². The lowest BCUT2D eigenvalue weighted by Crippen LogP contribution is -2.37. The molecule has 0 heterocycles. The Hall–Kier alpha value is -6.61. The molecule has 0 aliphatic carbocycles. The molecule has 3 rings (SSSR count). The first-order valence-corrected chi connectivity index (χ1v) is 25.0. The maximum atomic E-state index is 14.4. The zero-order valence-electron chi connectivity index (χ0n) is 40.9. The van der Waals surface area contributed by atoms with Crippen molar-refractivity contribution in [2.75, 3.05) is 72.1 Å². The minimum absolute atomic E-state index is 0.00191. The van der Waals surface area contributed by atoms with Crippen LogP contribution in [0, 0.1) is 5.41 Å². The van der Waals surface area contributed by atoms with Crippen molar-refractivity contribution in [2.24, 2.45) is 34.4 Å². The van der Waals surface area contributed by atoms with E-state index in [4.69, 9.17) is 54.0 Å². The Morgan fingerprint density at radius 1 is 0.639 bits per heavy atom. The molecule has 25 heteroatoms. The highest BCUT2D eigenvalue weighted by molar-refractivity contribution is 7.99. The summed E-state index contributed by atoms with van der Waals surface area (Å²) in [7, 11) is 0. The summed E-state index contributed by atoms with van der Waals surface area (Å²) in [6.07, 6.45) is -1.49. The van der Waals surface area contributed by atoms with Crippen LogP contribution in [0.15, 0.2) is 64.7 Å². The maximum Gasteiger partial charge on any atom is 0.338 e. The van der Waals surface area contributed by atoms with Crippen LogP contribution in [-0.4, -0.2) is 122 Å². The fourth-order valence-corrected chi connectivity index (χ4v) is 8.07. The molecule has 72 heavy (non-hydrogen) atoms. The number of esters is 2.